The molecule has 6 rings (SSSR count). The molecule has 1 aliphatic rings. The molecule has 182 valence electrons. The molecule has 0 saturated heterocycles. The molecule has 1 amide bonds. The van der Waals surface area contributed by atoms with Crippen molar-refractivity contribution in [2.24, 2.45) is 0 Å². The van der Waals surface area contributed by atoms with Crippen molar-refractivity contribution in [3.63, 3.8) is 0 Å². The molecule has 0 atom stereocenters. The molecular formula is C28H20ClN5O3. The van der Waals surface area contributed by atoms with Crippen LogP contribution in [0, 0.1) is 11.3 Å². The summed E-state index contributed by atoms with van der Waals surface area (Å²) >= 11 is 6.27. The van der Waals surface area contributed by atoms with E-state index in [-0.39, 0.29) is 5.56 Å². The van der Waals surface area contributed by atoms with Crippen molar-refractivity contribution in [3.05, 3.63) is 88.4 Å². The normalized spacial score (nSPS) is 12.4. The third-order valence-corrected chi connectivity index (χ3v) is 6.57. The van der Waals surface area contributed by atoms with E-state index in [0.717, 1.165) is 11.3 Å². The highest BCUT2D eigenvalue weighted by Crippen LogP contribution is 2.33. The Balaban J connectivity index is 1.45. The maximum absolute atomic E-state index is 13.2. The van der Waals surface area contributed by atoms with E-state index in [9.17, 15) is 10.1 Å². The van der Waals surface area contributed by atoms with Crippen LogP contribution in [0.15, 0.2) is 66.7 Å². The predicted molar refractivity (Wildman–Crippen MR) is 140 cm³/mol. The van der Waals surface area contributed by atoms with E-state index in [1.165, 1.54) is 0 Å². The zero-order valence-electron chi connectivity index (χ0n) is 19.6. The number of nitriles is 1. The molecule has 1 N–H and O–H groups in total. The Morgan fingerprint density at radius 2 is 1.73 bits per heavy atom. The van der Waals surface area contributed by atoms with E-state index in [0.29, 0.717) is 70.5 Å². The van der Waals surface area contributed by atoms with Crippen molar-refractivity contribution in [3.8, 4) is 17.6 Å². The van der Waals surface area contributed by atoms with Gasteiger partial charge in [0.2, 0.25) is 0 Å². The van der Waals surface area contributed by atoms with Crippen LogP contribution in [0.3, 0.4) is 0 Å². The maximum Gasteiger partial charge on any atom is 0.258 e. The lowest BCUT2D eigenvalue weighted by Gasteiger charge is -2.19. The van der Waals surface area contributed by atoms with Gasteiger partial charge in [0.15, 0.2) is 17.1 Å². The Morgan fingerprint density at radius 1 is 1.00 bits per heavy atom. The van der Waals surface area contributed by atoms with Crippen molar-refractivity contribution < 1.29 is 14.3 Å². The van der Waals surface area contributed by atoms with Crippen molar-refractivity contribution in [2.45, 2.75) is 13.0 Å². The summed E-state index contributed by atoms with van der Waals surface area (Å²) in [6.45, 7) is 1.47. The highest BCUT2D eigenvalue weighted by Gasteiger charge is 2.23. The Hall–Kier alpha value is -4.61. The van der Waals surface area contributed by atoms with Gasteiger partial charge in [-0.3, -0.25) is 4.79 Å². The third-order valence-electron chi connectivity index (χ3n) is 6.24. The molecule has 0 unspecified atom stereocenters. The molecule has 2 aromatic heterocycles. The maximum atomic E-state index is 13.2. The highest BCUT2D eigenvalue weighted by atomic mass is 35.5. The highest BCUT2D eigenvalue weighted by molar-refractivity contribution is 6.34. The van der Waals surface area contributed by atoms with Gasteiger partial charge < -0.3 is 19.4 Å². The Kier molecular flexibility index (Phi) is 5.83. The average Bonchev–Trinajstić information content (AvgIpc) is 3.21. The van der Waals surface area contributed by atoms with E-state index in [4.69, 9.17) is 31.0 Å². The monoisotopic (exact) mass is 509 g/mol. The van der Waals surface area contributed by atoms with Crippen molar-refractivity contribution in [1.82, 2.24) is 14.5 Å². The number of anilines is 1. The molecule has 3 aromatic carbocycles. The minimum atomic E-state index is -0.421. The summed E-state index contributed by atoms with van der Waals surface area (Å²) in [6.07, 6.45) is 0.592. The summed E-state index contributed by atoms with van der Waals surface area (Å²) in [6, 6.07) is 22.3. The zero-order valence-corrected chi connectivity index (χ0v) is 20.3. The molecular weight excluding hydrogens is 490 g/mol. The minimum absolute atomic E-state index is 0.246. The van der Waals surface area contributed by atoms with Crippen LogP contribution in [-0.2, 0) is 13.0 Å². The van der Waals surface area contributed by atoms with Crippen molar-refractivity contribution >= 4 is 45.5 Å². The molecule has 37 heavy (non-hydrogen) atoms. The van der Waals surface area contributed by atoms with Gasteiger partial charge in [-0.05, 0) is 48.4 Å². The van der Waals surface area contributed by atoms with Crippen LogP contribution in [0.1, 0.15) is 21.5 Å². The molecule has 3 heterocycles. The molecule has 0 spiro atoms. The van der Waals surface area contributed by atoms with Crippen LogP contribution < -0.4 is 14.8 Å². The lowest BCUT2D eigenvalue weighted by atomic mass is 10.1. The molecule has 0 saturated carbocycles. The number of carbonyl (C=O) groups is 1. The first-order chi connectivity index (χ1) is 18.1. The lowest BCUT2D eigenvalue weighted by molar-refractivity contribution is 0.102. The van der Waals surface area contributed by atoms with Gasteiger partial charge in [-0.2, -0.15) is 5.26 Å². The minimum Gasteiger partial charge on any atom is -0.486 e. The number of benzene rings is 3. The second kappa shape index (κ2) is 9.45. The first kappa shape index (κ1) is 22.8. The SMILES string of the molecule is N#Cc1c(NC(=O)c2ccccc2Cl)n(CCc2ccc3c(c2)OCCO3)c2nc3ccccc3nc12. The molecule has 1 aliphatic heterocycles. The van der Waals surface area contributed by atoms with E-state index >= 15 is 0 Å². The number of fused-ring (bicyclic) bond motifs is 3. The average molecular weight is 510 g/mol. The number of aryl methyl sites for hydroxylation is 2. The van der Waals surface area contributed by atoms with Crippen LogP contribution in [0.2, 0.25) is 5.02 Å². The summed E-state index contributed by atoms with van der Waals surface area (Å²) in [5, 5.41) is 13.3. The smallest absolute Gasteiger partial charge is 0.258 e. The van der Waals surface area contributed by atoms with Crippen LogP contribution in [-0.4, -0.2) is 33.7 Å². The summed E-state index contributed by atoms with van der Waals surface area (Å²) in [5.41, 5.74) is 3.88. The molecule has 5 aromatic rings. The Labute approximate surface area is 217 Å². The quantitative estimate of drug-likeness (QED) is 0.341. The van der Waals surface area contributed by atoms with E-state index in [1.807, 2.05) is 47.0 Å². The van der Waals surface area contributed by atoms with Crippen LogP contribution >= 0.6 is 11.6 Å². The first-order valence-electron chi connectivity index (χ1n) is 11.8. The molecule has 0 radical (unpaired) electrons. The van der Waals surface area contributed by atoms with Gasteiger partial charge in [0.05, 0.1) is 21.6 Å². The molecule has 0 bridgehead atoms. The summed E-state index contributed by atoms with van der Waals surface area (Å²) < 4.78 is 13.2. The number of amides is 1. The third kappa shape index (κ3) is 4.20. The van der Waals surface area contributed by atoms with Gasteiger partial charge in [-0.15, -0.1) is 0 Å². The second-order valence-corrected chi connectivity index (χ2v) is 8.94. The molecule has 8 nitrogen and oxygen atoms in total. The summed E-state index contributed by atoms with van der Waals surface area (Å²) in [4.78, 5) is 22.7. The Bertz CT molecular complexity index is 1720. The van der Waals surface area contributed by atoms with Gasteiger partial charge in [0, 0.05) is 6.54 Å². The number of ether oxygens (including phenoxy) is 2. The lowest BCUT2D eigenvalue weighted by Crippen LogP contribution is -2.17. The van der Waals surface area contributed by atoms with Crippen LogP contribution in [0.5, 0.6) is 11.5 Å². The van der Waals surface area contributed by atoms with E-state index < -0.39 is 5.91 Å². The number of halogens is 1. The number of carbonyl (C=O) groups excluding carboxylic acids is 1. The van der Waals surface area contributed by atoms with Crippen LogP contribution in [0.4, 0.5) is 5.82 Å². The number of nitrogens with one attached hydrogen (secondary N) is 1. The van der Waals surface area contributed by atoms with E-state index in [2.05, 4.69) is 11.4 Å². The predicted octanol–water partition coefficient (Wildman–Crippen LogP) is 5.38. The molecule has 0 aliphatic carbocycles. The summed E-state index contributed by atoms with van der Waals surface area (Å²) in [5.74, 6) is 1.33. The molecule has 0 fully saturated rings. The zero-order chi connectivity index (χ0) is 25.4. The fraction of sp³-hybridized carbons (Fsp3) is 0.143. The van der Waals surface area contributed by atoms with Gasteiger partial charge in [0.25, 0.3) is 5.91 Å². The fourth-order valence-electron chi connectivity index (χ4n) is 4.46. The van der Waals surface area contributed by atoms with Crippen molar-refractivity contribution in [2.75, 3.05) is 18.5 Å². The summed E-state index contributed by atoms with van der Waals surface area (Å²) in [7, 11) is 0. The largest absolute Gasteiger partial charge is 0.486 e. The number of para-hydroxylation sites is 2. The van der Waals surface area contributed by atoms with Gasteiger partial charge >= 0.3 is 0 Å². The van der Waals surface area contributed by atoms with Crippen LogP contribution in [0.25, 0.3) is 22.2 Å². The van der Waals surface area contributed by atoms with Gasteiger partial charge in [-0.1, -0.05) is 41.9 Å². The fourth-order valence-corrected chi connectivity index (χ4v) is 4.68. The van der Waals surface area contributed by atoms with E-state index in [1.54, 1.807) is 24.3 Å². The Morgan fingerprint density at radius 3 is 2.51 bits per heavy atom. The number of hydrogen-bond acceptors (Lipinski definition) is 6. The molecule has 9 heteroatoms. The number of aromatic nitrogens is 3. The topological polar surface area (TPSA) is 102 Å². The van der Waals surface area contributed by atoms with Gasteiger partial charge in [0.1, 0.15) is 36.2 Å². The van der Waals surface area contributed by atoms with Crippen molar-refractivity contribution in [1.29, 1.82) is 5.26 Å². The standard InChI is InChI=1S/C28H20ClN5O3/c29-20-6-2-1-5-18(20)28(35)33-26-19(16-30)25-27(32-22-8-4-3-7-21(22)31-25)34(26)12-11-17-9-10-23-24(15-17)37-14-13-36-23/h1-10,15H,11-14H2,(H,33,35). The number of rotatable bonds is 5. The number of nitrogens with zero attached hydrogens (tertiary/aromatic N) is 4. The van der Waals surface area contributed by atoms with Gasteiger partial charge in [-0.25, -0.2) is 9.97 Å². The first-order valence-corrected chi connectivity index (χ1v) is 12.1. The second-order valence-electron chi connectivity index (χ2n) is 8.53. The number of hydrogen-bond donors (Lipinski definition) is 1.